The zero-order valence-electron chi connectivity index (χ0n) is 15.0. The monoisotopic (exact) mass is 379 g/mol. The van der Waals surface area contributed by atoms with Crippen LogP contribution in [0.4, 0.5) is 5.69 Å². The maximum Gasteiger partial charge on any atom is 0.275 e. The van der Waals surface area contributed by atoms with Crippen LogP contribution in [0.15, 0.2) is 46.1 Å². The number of likely N-dealkylation sites (N-methyl/N-ethyl adjacent to an activating group) is 1. The van der Waals surface area contributed by atoms with Crippen LogP contribution in [0.2, 0.25) is 0 Å². The highest BCUT2D eigenvalue weighted by Gasteiger charge is 2.18. The molecule has 1 amide bonds. The number of aromatic nitrogens is 1. The molecular weight excluding hydrogens is 358 g/mol. The molecule has 0 unspecified atom stereocenters. The first-order chi connectivity index (χ1) is 12.2. The Morgan fingerprint density at radius 3 is 2.31 bits per heavy atom. The number of amides is 1. The van der Waals surface area contributed by atoms with E-state index in [1.54, 1.807) is 27.1 Å². The van der Waals surface area contributed by atoms with E-state index in [-0.39, 0.29) is 23.0 Å². The number of methoxy groups -OCH3 is 1. The van der Waals surface area contributed by atoms with E-state index in [2.05, 4.69) is 4.72 Å². The van der Waals surface area contributed by atoms with Gasteiger partial charge in [0.25, 0.3) is 15.6 Å². The van der Waals surface area contributed by atoms with Crippen molar-refractivity contribution in [3.8, 4) is 5.75 Å². The van der Waals surface area contributed by atoms with E-state index in [1.807, 2.05) is 0 Å². The van der Waals surface area contributed by atoms with E-state index in [4.69, 9.17) is 4.74 Å². The average molecular weight is 379 g/mol. The van der Waals surface area contributed by atoms with Gasteiger partial charge >= 0.3 is 0 Å². The molecule has 0 radical (unpaired) electrons. The van der Waals surface area contributed by atoms with Crippen LogP contribution in [0, 0.1) is 6.92 Å². The largest absolute Gasteiger partial charge is 0.497 e. The molecule has 1 aromatic carbocycles. The molecule has 0 aliphatic rings. The Balaban J connectivity index is 2.36. The third kappa shape index (κ3) is 4.23. The summed E-state index contributed by atoms with van der Waals surface area (Å²) in [5.41, 5.74) is -0.159. The van der Waals surface area contributed by atoms with Crippen molar-refractivity contribution in [2.75, 3.05) is 25.9 Å². The molecule has 8 nitrogen and oxygen atoms in total. The second-order valence-corrected chi connectivity index (χ2v) is 7.53. The first kappa shape index (κ1) is 19.5. The van der Waals surface area contributed by atoms with Gasteiger partial charge in [-0.15, -0.1) is 0 Å². The summed E-state index contributed by atoms with van der Waals surface area (Å²) in [5, 5.41) is 0. The zero-order valence-corrected chi connectivity index (χ0v) is 15.8. The summed E-state index contributed by atoms with van der Waals surface area (Å²) in [6.07, 6.45) is 0. The number of aryl methyl sites for hydroxylation is 1. The van der Waals surface area contributed by atoms with Crippen LogP contribution in [0.25, 0.3) is 0 Å². The summed E-state index contributed by atoms with van der Waals surface area (Å²) in [6.45, 7) is 1.50. The molecule has 9 heteroatoms. The Morgan fingerprint density at radius 1 is 1.15 bits per heavy atom. The molecule has 1 aromatic heterocycles. The van der Waals surface area contributed by atoms with Gasteiger partial charge in [0, 0.05) is 19.8 Å². The molecule has 0 aliphatic carbocycles. The van der Waals surface area contributed by atoms with Crippen LogP contribution < -0.4 is 15.0 Å². The van der Waals surface area contributed by atoms with Gasteiger partial charge in [0.1, 0.15) is 18.0 Å². The minimum absolute atomic E-state index is 0.00538. The van der Waals surface area contributed by atoms with Gasteiger partial charge in [-0.2, -0.15) is 0 Å². The molecular formula is C17H21N3O5S. The number of hydrogen-bond donors (Lipinski definition) is 1. The predicted octanol–water partition coefficient (Wildman–Crippen LogP) is 1.05. The molecule has 1 heterocycles. The predicted molar refractivity (Wildman–Crippen MR) is 97.9 cm³/mol. The number of carbonyl (C=O) groups excluding carboxylic acids is 1. The van der Waals surface area contributed by atoms with Crippen molar-refractivity contribution in [2.24, 2.45) is 0 Å². The summed E-state index contributed by atoms with van der Waals surface area (Å²) < 4.78 is 33.5. The second kappa shape index (κ2) is 7.61. The molecule has 1 N–H and O–H groups in total. The maximum atomic E-state index is 12.6. The highest BCUT2D eigenvalue weighted by atomic mass is 32.2. The lowest BCUT2D eigenvalue weighted by Crippen LogP contribution is -2.34. The van der Waals surface area contributed by atoms with Gasteiger partial charge < -0.3 is 14.2 Å². The maximum absolute atomic E-state index is 12.6. The van der Waals surface area contributed by atoms with E-state index in [9.17, 15) is 18.0 Å². The fourth-order valence-corrected chi connectivity index (χ4v) is 3.24. The van der Waals surface area contributed by atoms with Crippen molar-refractivity contribution in [1.82, 2.24) is 9.47 Å². The number of nitrogens with zero attached hydrogens (tertiary/aromatic N) is 2. The number of hydrogen-bond acceptors (Lipinski definition) is 5. The Bertz CT molecular complexity index is 963. The Labute approximate surface area is 152 Å². The summed E-state index contributed by atoms with van der Waals surface area (Å²) in [5.74, 6) is 0.245. The van der Waals surface area contributed by atoms with E-state index >= 15 is 0 Å². The van der Waals surface area contributed by atoms with Crippen molar-refractivity contribution < 1.29 is 17.9 Å². The molecule has 2 rings (SSSR count). The topological polar surface area (TPSA) is 97.7 Å². The van der Waals surface area contributed by atoms with Gasteiger partial charge in [0.15, 0.2) is 0 Å². The highest BCUT2D eigenvalue weighted by molar-refractivity contribution is 7.92. The van der Waals surface area contributed by atoms with Gasteiger partial charge in [-0.1, -0.05) is 0 Å². The molecule has 0 atom stereocenters. The van der Waals surface area contributed by atoms with Crippen molar-refractivity contribution in [1.29, 1.82) is 0 Å². The SMILES string of the molecule is COc1ccc(S(=O)(=O)Nc2ccc(C)n(CC(=O)N(C)C)c2=O)cc1. The van der Waals surface area contributed by atoms with Crippen LogP contribution >= 0.6 is 0 Å². The van der Waals surface area contributed by atoms with Crippen LogP contribution in [0.3, 0.4) is 0 Å². The van der Waals surface area contributed by atoms with Crippen LogP contribution in [-0.4, -0.2) is 45.0 Å². The Hall–Kier alpha value is -2.81. The first-order valence-electron chi connectivity index (χ1n) is 7.73. The summed E-state index contributed by atoms with van der Waals surface area (Å²) in [6, 6.07) is 8.74. The van der Waals surface area contributed by atoms with Crippen molar-refractivity contribution >= 4 is 21.6 Å². The van der Waals surface area contributed by atoms with Crippen LogP contribution in [0.5, 0.6) is 5.75 Å². The summed E-state index contributed by atoms with van der Waals surface area (Å²) >= 11 is 0. The normalized spacial score (nSPS) is 11.1. The van der Waals surface area contributed by atoms with Crippen LogP contribution in [-0.2, 0) is 21.4 Å². The molecule has 0 saturated carbocycles. The summed E-state index contributed by atoms with van der Waals surface area (Å²) in [7, 11) is 0.693. The van der Waals surface area contributed by atoms with Crippen LogP contribution in [0.1, 0.15) is 5.69 Å². The molecule has 26 heavy (non-hydrogen) atoms. The average Bonchev–Trinajstić information content (AvgIpc) is 2.60. The number of carbonyl (C=O) groups is 1. The lowest BCUT2D eigenvalue weighted by atomic mass is 10.3. The van der Waals surface area contributed by atoms with Gasteiger partial charge in [-0.25, -0.2) is 8.42 Å². The third-order valence-electron chi connectivity index (χ3n) is 3.80. The van der Waals surface area contributed by atoms with Gasteiger partial charge in [-0.05, 0) is 43.3 Å². The number of pyridine rings is 1. The van der Waals surface area contributed by atoms with E-state index in [1.165, 1.54) is 46.9 Å². The van der Waals surface area contributed by atoms with Crippen molar-refractivity contribution in [3.63, 3.8) is 0 Å². The first-order valence-corrected chi connectivity index (χ1v) is 9.21. The third-order valence-corrected chi connectivity index (χ3v) is 5.18. The molecule has 0 saturated heterocycles. The lowest BCUT2D eigenvalue weighted by Gasteiger charge is -2.15. The number of nitrogens with one attached hydrogen (secondary N) is 1. The van der Waals surface area contributed by atoms with Gasteiger partial charge in [-0.3, -0.25) is 14.3 Å². The Kier molecular flexibility index (Phi) is 5.71. The van der Waals surface area contributed by atoms with Crippen molar-refractivity contribution in [3.05, 3.63) is 52.4 Å². The molecule has 0 fully saturated rings. The second-order valence-electron chi connectivity index (χ2n) is 5.85. The van der Waals surface area contributed by atoms with E-state index in [0.717, 1.165) is 0 Å². The molecule has 2 aromatic rings. The van der Waals surface area contributed by atoms with Gasteiger partial charge in [0.2, 0.25) is 5.91 Å². The molecule has 0 spiro atoms. The zero-order chi connectivity index (χ0) is 19.5. The smallest absolute Gasteiger partial charge is 0.275 e. The molecule has 140 valence electrons. The fraction of sp³-hybridized carbons (Fsp3) is 0.294. The molecule has 0 bridgehead atoms. The fourth-order valence-electron chi connectivity index (χ4n) is 2.18. The quantitative estimate of drug-likeness (QED) is 0.809. The standard InChI is InChI=1S/C17H21N3O5S/c1-12-5-10-15(17(22)20(12)11-16(21)19(2)3)18-26(23,24)14-8-6-13(25-4)7-9-14/h5-10,18H,11H2,1-4H3. The number of anilines is 1. The number of sulfonamides is 1. The highest BCUT2D eigenvalue weighted by Crippen LogP contribution is 2.18. The number of ether oxygens (including phenoxy) is 1. The van der Waals surface area contributed by atoms with E-state index in [0.29, 0.717) is 11.4 Å². The van der Waals surface area contributed by atoms with E-state index < -0.39 is 15.6 Å². The molecule has 0 aliphatic heterocycles. The minimum atomic E-state index is -3.95. The Morgan fingerprint density at radius 2 is 1.77 bits per heavy atom. The lowest BCUT2D eigenvalue weighted by molar-refractivity contribution is -0.129. The number of rotatable bonds is 6. The summed E-state index contributed by atoms with van der Waals surface area (Å²) in [4.78, 5) is 25.9. The minimum Gasteiger partial charge on any atom is -0.497 e. The van der Waals surface area contributed by atoms with Crippen molar-refractivity contribution in [2.45, 2.75) is 18.4 Å². The number of benzene rings is 1. The van der Waals surface area contributed by atoms with Gasteiger partial charge in [0.05, 0.1) is 12.0 Å².